The lowest BCUT2D eigenvalue weighted by Crippen LogP contribution is -2.43. The van der Waals surface area contributed by atoms with Gasteiger partial charge in [0.1, 0.15) is 6.10 Å². The number of hydrogen-bond acceptors (Lipinski definition) is 3. The number of aliphatic hydroxyl groups is 1. The molecule has 0 bridgehead atoms. The summed E-state index contributed by atoms with van der Waals surface area (Å²) in [7, 11) is 0. The first-order chi connectivity index (χ1) is 6.43. The second kappa shape index (κ2) is 4.77. The maximum absolute atomic E-state index is 10.8. The molecule has 0 aromatic rings. The largest absolute Gasteiger partial charge is 0.457 e. The van der Waals surface area contributed by atoms with Gasteiger partial charge in [-0.2, -0.15) is 0 Å². The minimum atomic E-state index is -0.550. The van der Waals surface area contributed by atoms with Crippen molar-refractivity contribution in [2.75, 3.05) is 0 Å². The molecule has 0 spiro atoms. The van der Waals surface area contributed by atoms with Crippen LogP contribution in [-0.4, -0.2) is 32.9 Å². The van der Waals surface area contributed by atoms with Crippen molar-refractivity contribution in [3.05, 3.63) is 11.6 Å². The van der Waals surface area contributed by atoms with Crippen LogP contribution in [0.5, 0.6) is 0 Å². The molecule has 4 atom stereocenters. The first-order valence-electron chi connectivity index (χ1n) is 4.25. The Labute approximate surface area is 99.8 Å². The molecule has 0 radical (unpaired) electrons. The smallest absolute Gasteiger partial charge is 0.303 e. The molecular formula is C9H12Br2O3. The van der Waals surface area contributed by atoms with Gasteiger partial charge in [-0.1, -0.05) is 37.9 Å². The third-order valence-electron chi connectivity index (χ3n) is 2.10. The van der Waals surface area contributed by atoms with Gasteiger partial charge in [-0.15, -0.1) is 0 Å². The van der Waals surface area contributed by atoms with Crippen LogP contribution in [0.2, 0.25) is 0 Å². The molecule has 0 aliphatic heterocycles. The number of ether oxygens (including phenoxy) is 1. The predicted molar refractivity (Wildman–Crippen MR) is 60.7 cm³/mol. The molecule has 0 aromatic carbocycles. The minimum Gasteiger partial charge on any atom is -0.457 e. The first kappa shape index (κ1) is 12.2. The molecule has 0 saturated heterocycles. The highest BCUT2D eigenvalue weighted by Gasteiger charge is 2.37. The van der Waals surface area contributed by atoms with Crippen LogP contribution in [0.1, 0.15) is 13.8 Å². The van der Waals surface area contributed by atoms with Crippen molar-refractivity contribution < 1.29 is 14.6 Å². The lowest BCUT2D eigenvalue weighted by atomic mass is 9.95. The van der Waals surface area contributed by atoms with Gasteiger partial charge in [-0.05, 0) is 12.5 Å². The summed E-state index contributed by atoms with van der Waals surface area (Å²) >= 11 is 6.75. The molecule has 0 heterocycles. The van der Waals surface area contributed by atoms with Gasteiger partial charge in [-0.3, -0.25) is 4.79 Å². The van der Waals surface area contributed by atoms with E-state index in [1.54, 1.807) is 6.08 Å². The van der Waals surface area contributed by atoms with E-state index < -0.39 is 6.10 Å². The van der Waals surface area contributed by atoms with Crippen molar-refractivity contribution in [1.29, 1.82) is 0 Å². The summed E-state index contributed by atoms with van der Waals surface area (Å²) in [5.41, 5.74) is 0.866. The van der Waals surface area contributed by atoms with Gasteiger partial charge >= 0.3 is 5.97 Å². The van der Waals surface area contributed by atoms with E-state index in [1.807, 2.05) is 6.92 Å². The molecule has 14 heavy (non-hydrogen) atoms. The number of carbonyl (C=O) groups excluding carboxylic acids is 1. The summed E-state index contributed by atoms with van der Waals surface area (Å²) in [5, 5.41) is 9.58. The molecule has 0 aromatic heterocycles. The molecule has 5 heteroatoms. The van der Waals surface area contributed by atoms with Gasteiger partial charge in [-0.25, -0.2) is 0 Å². The Hall–Kier alpha value is 0.130. The van der Waals surface area contributed by atoms with Crippen LogP contribution >= 0.6 is 31.9 Å². The standard InChI is InChI=1S/C9H12Br2O3/c1-4-3-6(13)7(10)8(11)9(4)14-5(2)12/h3,6-9,13H,1-2H3/t6-,7+,8-,9-/m0/s1. The van der Waals surface area contributed by atoms with Crippen LogP contribution in [0, 0.1) is 0 Å². The van der Waals surface area contributed by atoms with Crippen LogP contribution in [0.15, 0.2) is 11.6 Å². The third kappa shape index (κ3) is 2.58. The topological polar surface area (TPSA) is 46.5 Å². The van der Waals surface area contributed by atoms with Gasteiger partial charge in [0.2, 0.25) is 0 Å². The van der Waals surface area contributed by atoms with E-state index in [0.717, 1.165) is 5.57 Å². The second-order valence-corrected chi connectivity index (χ2v) is 5.43. The van der Waals surface area contributed by atoms with E-state index in [9.17, 15) is 9.90 Å². The molecule has 0 amide bonds. The lowest BCUT2D eigenvalue weighted by molar-refractivity contribution is -0.144. The first-order valence-corrected chi connectivity index (χ1v) is 6.08. The number of esters is 1. The van der Waals surface area contributed by atoms with Gasteiger partial charge in [0.05, 0.1) is 15.8 Å². The highest BCUT2D eigenvalue weighted by molar-refractivity contribution is 9.12. The Bertz CT molecular complexity index is 265. The fourth-order valence-corrected chi connectivity index (χ4v) is 2.67. The molecule has 0 saturated carbocycles. The second-order valence-electron chi connectivity index (χ2n) is 3.32. The van der Waals surface area contributed by atoms with Gasteiger partial charge in [0.15, 0.2) is 0 Å². The van der Waals surface area contributed by atoms with E-state index in [-0.39, 0.29) is 21.7 Å². The molecule has 1 aliphatic carbocycles. The van der Waals surface area contributed by atoms with Crippen LogP contribution < -0.4 is 0 Å². The Morgan fingerprint density at radius 3 is 2.57 bits per heavy atom. The minimum absolute atomic E-state index is 0.105. The average Bonchev–Trinajstić information content (AvgIpc) is 2.09. The van der Waals surface area contributed by atoms with Gasteiger partial charge < -0.3 is 9.84 Å². The SMILES string of the molecule is CC(=O)O[C@H]1C(C)=C[C@H](O)[C@@H](Br)[C@@H]1Br. The fraction of sp³-hybridized carbons (Fsp3) is 0.667. The number of aliphatic hydroxyl groups excluding tert-OH is 1. The van der Waals surface area contributed by atoms with Crippen molar-refractivity contribution >= 4 is 37.8 Å². The van der Waals surface area contributed by atoms with Crippen molar-refractivity contribution in [3.8, 4) is 0 Å². The van der Waals surface area contributed by atoms with E-state index in [2.05, 4.69) is 31.9 Å². The number of rotatable bonds is 1. The highest BCUT2D eigenvalue weighted by Crippen LogP contribution is 2.32. The Balaban J connectivity index is 2.83. The van der Waals surface area contributed by atoms with E-state index in [4.69, 9.17) is 4.74 Å². The molecule has 1 aliphatic rings. The molecule has 80 valence electrons. The zero-order valence-electron chi connectivity index (χ0n) is 7.91. The van der Waals surface area contributed by atoms with Gasteiger partial charge in [0, 0.05) is 6.92 Å². The Kier molecular flexibility index (Phi) is 4.15. The summed E-state index contributed by atoms with van der Waals surface area (Å²) in [4.78, 5) is 10.6. The zero-order chi connectivity index (χ0) is 10.9. The van der Waals surface area contributed by atoms with Crippen LogP contribution in [0.3, 0.4) is 0 Å². The fourth-order valence-electron chi connectivity index (χ4n) is 1.40. The summed E-state index contributed by atoms with van der Waals surface area (Å²) in [5.74, 6) is -0.316. The van der Waals surface area contributed by atoms with Gasteiger partial charge in [0.25, 0.3) is 0 Å². The van der Waals surface area contributed by atoms with E-state index >= 15 is 0 Å². The van der Waals surface area contributed by atoms with Crippen LogP contribution in [0.25, 0.3) is 0 Å². The van der Waals surface area contributed by atoms with Crippen molar-refractivity contribution in [2.45, 2.75) is 35.7 Å². The summed E-state index contributed by atoms with van der Waals surface area (Å²) < 4.78 is 5.14. The summed E-state index contributed by atoms with van der Waals surface area (Å²) in [6.45, 7) is 3.21. The number of halogens is 2. The number of hydrogen-bond donors (Lipinski definition) is 1. The van der Waals surface area contributed by atoms with Crippen molar-refractivity contribution in [2.24, 2.45) is 0 Å². The predicted octanol–water partition coefficient (Wildman–Crippen LogP) is 1.77. The molecular weight excluding hydrogens is 316 g/mol. The molecule has 3 nitrogen and oxygen atoms in total. The maximum Gasteiger partial charge on any atom is 0.303 e. The molecule has 0 unspecified atom stereocenters. The van der Waals surface area contributed by atoms with Crippen molar-refractivity contribution in [1.82, 2.24) is 0 Å². The number of alkyl halides is 2. The Morgan fingerprint density at radius 2 is 2.07 bits per heavy atom. The number of carbonyl (C=O) groups is 1. The Morgan fingerprint density at radius 1 is 1.50 bits per heavy atom. The van der Waals surface area contributed by atoms with Crippen LogP contribution in [0.4, 0.5) is 0 Å². The highest BCUT2D eigenvalue weighted by atomic mass is 79.9. The lowest BCUT2D eigenvalue weighted by Gasteiger charge is -2.33. The zero-order valence-corrected chi connectivity index (χ0v) is 11.1. The summed E-state index contributed by atoms with van der Waals surface area (Å²) in [6, 6.07) is 0. The van der Waals surface area contributed by atoms with E-state index in [1.165, 1.54) is 6.92 Å². The molecule has 1 rings (SSSR count). The summed E-state index contributed by atoms with van der Waals surface area (Å²) in [6.07, 6.45) is 0.844. The van der Waals surface area contributed by atoms with Crippen molar-refractivity contribution in [3.63, 3.8) is 0 Å². The quantitative estimate of drug-likeness (QED) is 0.453. The monoisotopic (exact) mass is 326 g/mol. The maximum atomic E-state index is 10.8. The molecule has 0 fully saturated rings. The third-order valence-corrected chi connectivity index (χ3v) is 4.97. The van der Waals surface area contributed by atoms with Crippen LogP contribution in [-0.2, 0) is 9.53 Å². The average molecular weight is 328 g/mol. The van der Waals surface area contributed by atoms with E-state index in [0.29, 0.717) is 0 Å². The molecule has 1 N–H and O–H groups in total. The normalized spacial score (nSPS) is 37.6.